The molecule has 0 spiro atoms. The Labute approximate surface area is 182 Å². The van der Waals surface area contributed by atoms with Gasteiger partial charge in [0.2, 0.25) is 0 Å². The van der Waals surface area contributed by atoms with Crippen LogP contribution in [0.3, 0.4) is 0 Å². The molecule has 1 N–H and O–H groups in total. The van der Waals surface area contributed by atoms with Gasteiger partial charge in [0.15, 0.2) is 0 Å². The third-order valence-electron chi connectivity index (χ3n) is 4.44. The molecule has 150 valence electrons. The van der Waals surface area contributed by atoms with Crippen molar-refractivity contribution in [1.29, 1.82) is 5.26 Å². The summed E-state index contributed by atoms with van der Waals surface area (Å²) >= 11 is 3.50. The van der Waals surface area contributed by atoms with Gasteiger partial charge in [0.1, 0.15) is 23.2 Å². The fourth-order valence-electron chi connectivity index (χ4n) is 2.83. The minimum atomic E-state index is -0.505. The molecule has 4 nitrogen and oxygen atoms in total. The van der Waals surface area contributed by atoms with Gasteiger partial charge in [-0.25, -0.2) is 4.39 Å². The summed E-state index contributed by atoms with van der Waals surface area (Å²) in [7, 11) is 1.56. The van der Waals surface area contributed by atoms with E-state index in [0.717, 1.165) is 10.0 Å². The topological polar surface area (TPSA) is 62.1 Å². The normalized spacial score (nSPS) is 10.9. The molecule has 0 radical (unpaired) electrons. The van der Waals surface area contributed by atoms with Crippen molar-refractivity contribution in [2.75, 3.05) is 12.4 Å². The van der Waals surface area contributed by atoms with Crippen molar-refractivity contribution in [3.05, 3.63) is 99.3 Å². The van der Waals surface area contributed by atoms with E-state index in [1.807, 2.05) is 12.1 Å². The van der Waals surface area contributed by atoms with Gasteiger partial charge in [0.25, 0.3) is 5.91 Å². The van der Waals surface area contributed by atoms with E-state index < -0.39 is 5.91 Å². The Kier molecular flexibility index (Phi) is 6.99. The first kappa shape index (κ1) is 21.3. The smallest absolute Gasteiger partial charge is 0.266 e. The zero-order chi connectivity index (χ0) is 21.5. The molecule has 0 aromatic heterocycles. The zero-order valence-corrected chi connectivity index (χ0v) is 17.7. The molecule has 0 saturated carbocycles. The van der Waals surface area contributed by atoms with Crippen molar-refractivity contribution in [2.24, 2.45) is 0 Å². The fraction of sp³-hybridized carbons (Fsp3) is 0.0833. The number of carbonyl (C=O) groups excluding carboxylic acids is 1. The monoisotopic (exact) mass is 464 g/mol. The summed E-state index contributed by atoms with van der Waals surface area (Å²) in [6, 6.07) is 20.8. The number of methoxy groups -OCH3 is 1. The third kappa shape index (κ3) is 5.34. The van der Waals surface area contributed by atoms with Crippen LogP contribution in [0.25, 0.3) is 6.08 Å². The molecule has 30 heavy (non-hydrogen) atoms. The van der Waals surface area contributed by atoms with Crippen LogP contribution in [0.5, 0.6) is 5.75 Å². The standard InChI is InChI=1S/C24H18BrFN2O2/c1-30-21-10-8-20(9-11-21)28-24(29)19(15-27)12-16-6-7-17(22(25)13-16)14-18-4-2-3-5-23(18)26/h2-13H,14H2,1H3,(H,28,29)/b19-12+. The summed E-state index contributed by atoms with van der Waals surface area (Å²) in [6.45, 7) is 0. The van der Waals surface area contributed by atoms with Crippen LogP contribution in [0.15, 0.2) is 76.8 Å². The van der Waals surface area contributed by atoms with Crippen LogP contribution in [0, 0.1) is 17.1 Å². The summed E-state index contributed by atoms with van der Waals surface area (Å²) in [5.41, 5.74) is 2.71. The SMILES string of the molecule is COc1ccc(NC(=O)/C(C#N)=C/c2ccc(Cc3ccccc3F)c(Br)c2)cc1. The second kappa shape index (κ2) is 9.86. The number of ether oxygens (including phenoxy) is 1. The zero-order valence-electron chi connectivity index (χ0n) is 16.2. The highest BCUT2D eigenvalue weighted by Crippen LogP contribution is 2.24. The highest BCUT2D eigenvalue weighted by atomic mass is 79.9. The minimum absolute atomic E-state index is 0.0282. The number of halogens is 2. The predicted molar refractivity (Wildman–Crippen MR) is 119 cm³/mol. The first-order valence-corrected chi connectivity index (χ1v) is 9.88. The molecular weight excluding hydrogens is 447 g/mol. The molecule has 0 unspecified atom stereocenters. The molecule has 6 heteroatoms. The van der Waals surface area contributed by atoms with E-state index in [4.69, 9.17) is 4.74 Å². The van der Waals surface area contributed by atoms with E-state index in [2.05, 4.69) is 21.2 Å². The van der Waals surface area contributed by atoms with Gasteiger partial charge in [0.05, 0.1) is 7.11 Å². The summed E-state index contributed by atoms with van der Waals surface area (Å²) < 4.78 is 19.8. The molecule has 3 aromatic carbocycles. The molecule has 0 bridgehead atoms. The largest absolute Gasteiger partial charge is 0.497 e. The summed E-state index contributed by atoms with van der Waals surface area (Å²) in [5, 5.41) is 12.1. The lowest BCUT2D eigenvalue weighted by Crippen LogP contribution is -2.13. The lowest BCUT2D eigenvalue weighted by atomic mass is 10.0. The molecular formula is C24H18BrFN2O2. The van der Waals surface area contributed by atoms with Crippen molar-refractivity contribution in [3.8, 4) is 11.8 Å². The van der Waals surface area contributed by atoms with Gasteiger partial charge in [0, 0.05) is 16.6 Å². The van der Waals surface area contributed by atoms with Crippen molar-refractivity contribution < 1.29 is 13.9 Å². The maximum Gasteiger partial charge on any atom is 0.266 e. The van der Waals surface area contributed by atoms with Crippen LogP contribution in [0.4, 0.5) is 10.1 Å². The first-order valence-electron chi connectivity index (χ1n) is 9.09. The molecule has 0 fully saturated rings. The second-order valence-corrected chi connectivity index (χ2v) is 7.33. The molecule has 0 aliphatic heterocycles. The van der Waals surface area contributed by atoms with Crippen LogP contribution in [-0.4, -0.2) is 13.0 Å². The Hall–Kier alpha value is -3.43. The quantitative estimate of drug-likeness (QED) is 0.374. The van der Waals surface area contributed by atoms with Gasteiger partial charge in [-0.3, -0.25) is 4.79 Å². The number of hydrogen-bond acceptors (Lipinski definition) is 3. The Morgan fingerprint density at radius 3 is 2.50 bits per heavy atom. The number of hydrogen-bond donors (Lipinski definition) is 1. The number of nitrogens with one attached hydrogen (secondary N) is 1. The molecule has 3 rings (SSSR count). The predicted octanol–water partition coefficient (Wildman–Crippen LogP) is 5.73. The van der Waals surface area contributed by atoms with Crippen molar-refractivity contribution in [2.45, 2.75) is 6.42 Å². The Bertz CT molecular complexity index is 1130. The maximum atomic E-state index is 13.9. The number of amides is 1. The van der Waals surface area contributed by atoms with Gasteiger partial charge in [-0.15, -0.1) is 0 Å². The van der Waals surface area contributed by atoms with Gasteiger partial charge in [-0.1, -0.05) is 46.3 Å². The van der Waals surface area contributed by atoms with Crippen molar-refractivity contribution in [3.63, 3.8) is 0 Å². The van der Waals surface area contributed by atoms with Crippen LogP contribution in [-0.2, 0) is 11.2 Å². The average Bonchev–Trinajstić information content (AvgIpc) is 2.75. The van der Waals surface area contributed by atoms with Crippen LogP contribution < -0.4 is 10.1 Å². The fourth-order valence-corrected chi connectivity index (χ4v) is 3.37. The molecule has 0 atom stereocenters. The number of anilines is 1. The van der Waals surface area contributed by atoms with E-state index in [-0.39, 0.29) is 11.4 Å². The number of carbonyl (C=O) groups is 1. The molecule has 0 aliphatic carbocycles. The minimum Gasteiger partial charge on any atom is -0.497 e. The van der Waals surface area contributed by atoms with Gasteiger partial charge < -0.3 is 10.1 Å². The average molecular weight is 465 g/mol. The highest BCUT2D eigenvalue weighted by Gasteiger charge is 2.11. The van der Waals surface area contributed by atoms with E-state index in [1.54, 1.807) is 61.7 Å². The highest BCUT2D eigenvalue weighted by molar-refractivity contribution is 9.10. The summed E-state index contributed by atoms with van der Waals surface area (Å²) in [4.78, 5) is 12.4. The first-order chi connectivity index (χ1) is 14.5. The molecule has 0 heterocycles. The van der Waals surface area contributed by atoms with Crippen molar-refractivity contribution in [1.82, 2.24) is 0 Å². The van der Waals surface area contributed by atoms with E-state index in [9.17, 15) is 14.4 Å². The molecule has 3 aromatic rings. The van der Waals surface area contributed by atoms with Crippen molar-refractivity contribution >= 4 is 33.6 Å². The maximum absolute atomic E-state index is 13.9. The molecule has 0 aliphatic rings. The Morgan fingerprint density at radius 1 is 1.13 bits per heavy atom. The Morgan fingerprint density at radius 2 is 1.87 bits per heavy atom. The lowest BCUT2D eigenvalue weighted by molar-refractivity contribution is -0.112. The van der Waals surface area contributed by atoms with Gasteiger partial charge in [-0.2, -0.15) is 5.26 Å². The van der Waals surface area contributed by atoms with Crippen LogP contribution >= 0.6 is 15.9 Å². The number of benzene rings is 3. The number of nitriles is 1. The Balaban J connectivity index is 1.76. The lowest BCUT2D eigenvalue weighted by Gasteiger charge is -2.08. The third-order valence-corrected chi connectivity index (χ3v) is 5.18. The van der Waals surface area contributed by atoms with Gasteiger partial charge >= 0.3 is 0 Å². The molecule has 1 amide bonds. The second-order valence-electron chi connectivity index (χ2n) is 6.47. The van der Waals surface area contributed by atoms with E-state index in [1.165, 1.54) is 12.1 Å². The van der Waals surface area contributed by atoms with Crippen LogP contribution in [0.2, 0.25) is 0 Å². The van der Waals surface area contributed by atoms with Crippen LogP contribution in [0.1, 0.15) is 16.7 Å². The van der Waals surface area contributed by atoms with Gasteiger partial charge in [-0.05, 0) is 59.2 Å². The number of rotatable bonds is 6. The molecule has 0 saturated heterocycles. The van der Waals surface area contributed by atoms with E-state index in [0.29, 0.717) is 29.0 Å². The van der Waals surface area contributed by atoms with E-state index >= 15 is 0 Å². The summed E-state index contributed by atoms with van der Waals surface area (Å²) in [5.74, 6) is -0.0889. The number of nitrogens with zero attached hydrogens (tertiary/aromatic N) is 1. The summed E-state index contributed by atoms with van der Waals surface area (Å²) in [6.07, 6.45) is 1.94.